The predicted octanol–water partition coefficient (Wildman–Crippen LogP) is 5.41. The summed E-state index contributed by atoms with van der Waals surface area (Å²) in [7, 11) is 0. The van der Waals surface area contributed by atoms with Crippen LogP contribution in [0.15, 0.2) is 12.1 Å². The maximum atomic E-state index is 12.3. The number of carbonyl (C=O) groups excluding carboxylic acids is 3. The van der Waals surface area contributed by atoms with Gasteiger partial charge >= 0.3 is 5.97 Å². The summed E-state index contributed by atoms with van der Waals surface area (Å²) in [5, 5.41) is 3.48. The number of rotatable bonds is 7. The molecular formula is C18H16Cl3NO5S. The second kappa shape index (κ2) is 9.60. The van der Waals surface area contributed by atoms with Crippen LogP contribution < -0.4 is 10.1 Å². The first kappa shape index (κ1) is 22.5. The molecule has 0 atom stereocenters. The first-order valence-corrected chi connectivity index (χ1v) is 9.99. The Morgan fingerprint density at radius 1 is 1.11 bits per heavy atom. The Morgan fingerprint density at radius 3 is 2.36 bits per heavy atom. The molecule has 1 aromatic heterocycles. The fourth-order valence-corrected chi connectivity index (χ4v) is 4.01. The molecule has 0 bridgehead atoms. The number of Topliss-reactive ketones (excluding diaryl/α,β-unsaturated/α-hetero) is 1. The molecule has 0 aliphatic rings. The summed E-state index contributed by atoms with van der Waals surface area (Å²) in [6, 6.07) is 2.80. The SMILES string of the molecule is CCOC(=O)c1c(NC(=O)COc2cc(Cl)c(Cl)cc2Cl)sc(C(C)=O)c1C. The number of anilines is 1. The van der Waals surface area contributed by atoms with Crippen LogP contribution in [-0.4, -0.2) is 30.9 Å². The van der Waals surface area contributed by atoms with E-state index in [0.29, 0.717) is 10.4 Å². The van der Waals surface area contributed by atoms with E-state index in [4.69, 9.17) is 44.3 Å². The topological polar surface area (TPSA) is 81.7 Å². The third-order valence-electron chi connectivity index (χ3n) is 3.53. The minimum atomic E-state index is -0.618. The van der Waals surface area contributed by atoms with Gasteiger partial charge in [-0.2, -0.15) is 0 Å². The number of ketones is 1. The largest absolute Gasteiger partial charge is 0.482 e. The molecule has 0 aliphatic carbocycles. The van der Waals surface area contributed by atoms with Gasteiger partial charge in [0.1, 0.15) is 10.8 Å². The highest BCUT2D eigenvalue weighted by molar-refractivity contribution is 7.18. The third kappa shape index (κ3) is 5.17. The summed E-state index contributed by atoms with van der Waals surface area (Å²) in [5.41, 5.74) is 0.609. The van der Waals surface area contributed by atoms with Crippen molar-refractivity contribution in [1.82, 2.24) is 0 Å². The number of hydrogen-bond donors (Lipinski definition) is 1. The van der Waals surface area contributed by atoms with Gasteiger partial charge in [-0.1, -0.05) is 34.8 Å². The quantitative estimate of drug-likeness (QED) is 0.336. The third-order valence-corrected chi connectivity index (χ3v) is 5.86. The number of hydrogen-bond acceptors (Lipinski definition) is 6. The Balaban J connectivity index is 2.19. The summed E-state index contributed by atoms with van der Waals surface area (Å²) in [6.07, 6.45) is 0. The maximum Gasteiger partial charge on any atom is 0.341 e. The fraction of sp³-hybridized carbons (Fsp3) is 0.278. The molecule has 1 amide bonds. The minimum absolute atomic E-state index is 0.151. The van der Waals surface area contributed by atoms with Crippen LogP contribution in [0.3, 0.4) is 0 Å². The average Bonchev–Trinajstić information content (AvgIpc) is 2.93. The molecule has 1 N–H and O–H groups in total. The van der Waals surface area contributed by atoms with Crippen LogP contribution in [-0.2, 0) is 9.53 Å². The zero-order valence-electron chi connectivity index (χ0n) is 15.2. The Labute approximate surface area is 180 Å². The van der Waals surface area contributed by atoms with Gasteiger partial charge in [0.05, 0.1) is 32.1 Å². The molecule has 6 nitrogen and oxygen atoms in total. The molecule has 0 unspecified atom stereocenters. The van der Waals surface area contributed by atoms with Crippen LogP contribution in [0.2, 0.25) is 15.1 Å². The van der Waals surface area contributed by atoms with Crippen molar-refractivity contribution in [1.29, 1.82) is 0 Å². The first-order valence-electron chi connectivity index (χ1n) is 8.04. The molecule has 0 saturated heterocycles. The van der Waals surface area contributed by atoms with Gasteiger partial charge < -0.3 is 14.8 Å². The number of thiophene rings is 1. The van der Waals surface area contributed by atoms with Crippen molar-refractivity contribution in [2.75, 3.05) is 18.5 Å². The number of carbonyl (C=O) groups is 3. The van der Waals surface area contributed by atoms with Crippen molar-refractivity contribution in [3.63, 3.8) is 0 Å². The first-order chi connectivity index (χ1) is 13.1. The molecule has 0 spiro atoms. The van der Waals surface area contributed by atoms with Gasteiger partial charge in [0.15, 0.2) is 12.4 Å². The van der Waals surface area contributed by atoms with Crippen LogP contribution >= 0.6 is 46.1 Å². The van der Waals surface area contributed by atoms with Crippen molar-refractivity contribution in [2.45, 2.75) is 20.8 Å². The van der Waals surface area contributed by atoms with Crippen LogP contribution in [0.1, 0.15) is 39.4 Å². The Hall–Kier alpha value is -1.80. The monoisotopic (exact) mass is 463 g/mol. The number of amides is 1. The summed E-state index contributed by atoms with van der Waals surface area (Å²) in [4.78, 5) is 36.7. The van der Waals surface area contributed by atoms with Gasteiger partial charge in [-0.05, 0) is 32.4 Å². The van der Waals surface area contributed by atoms with Gasteiger partial charge in [0.25, 0.3) is 5.91 Å². The standard InChI is InChI=1S/C18H16Cl3NO5S/c1-4-26-18(25)15-8(2)16(9(3)23)28-17(15)22-14(24)7-27-13-6-11(20)10(19)5-12(13)21/h5-6H,4,7H2,1-3H3,(H,22,24). The molecule has 1 heterocycles. The summed E-state index contributed by atoms with van der Waals surface area (Å²) >= 11 is 18.8. The van der Waals surface area contributed by atoms with E-state index >= 15 is 0 Å². The smallest absolute Gasteiger partial charge is 0.341 e. The predicted molar refractivity (Wildman–Crippen MR) is 111 cm³/mol. The van der Waals surface area contributed by atoms with E-state index in [2.05, 4.69) is 5.32 Å². The molecular weight excluding hydrogens is 449 g/mol. The van der Waals surface area contributed by atoms with Gasteiger partial charge in [-0.25, -0.2) is 4.79 Å². The van der Waals surface area contributed by atoms with E-state index in [0.717, 1.165) is 11.3 Å². The van der Waals surface area contributed by atoms with Crippen LogP contribution in [0.5, 0.6) is 5.75 Å². The van der Waals surface area contributed by atoms with E-state index < -0.39 is 18.5 Å². The minimum Gasteiger partial charge on any atom is -0.482 e. The van der Waals surface area contributed by atoms with Crippen LogP contribution in [0, 0.1) is 6.92 Å². The second-order valence-electron chi connectivity index (χ2n) is 5.57. The highest BCUT2D eigenvalue weighted by Gasteiger charge is 2.25. The number of ether oxygens (including phenoxy) is 2. The van der Waals surface area contributed by atoms with Gasteiger partial charge in [0, 0.05) is 6.07 Å². The number of esters is 1. The molecule has 2 aromatic rings. The van der Waals surface area contributed by atoms with Crippen molar-refractivity contribution in [3.8, 4) is 5.75 Å². The highest BCUT2D eigenvalue weighted by Crippen LogP contribution is 2.35. The van der Waals surface area contributed by atoms with E-state index in [-0.39, 0.29) is 43.8 Å². The van der Waals surface area contributed by atoms with E-state index in [1.54, 1.807) is 13.8 Å². The van der Waals surface area contributed by atoms with Crippen molar-refractivity contribution in [3.05, 3.63) is 43.2 Å². The summed E-state index contributed by atoms with van der Waals surface area (Å²) < 4.78 is 10.4. The summed E-state index contributed by atoms with van der Waals surface area (Å²) in [5.74, 6) is -1.20. The zero-order valence-corrected chi connectivity index (χ0v) is 18.2. The van der Waals surface area contributed by atoms with Crippen LogP contribution in [0.25, 0.3) is 0 Å². The molecule has 2 rings (SSSR count). The zero-order chi connectivity index (χ0) is 21.0. The molecule has 10 heteroatoms. The van der Waals surface area contributed by atoms with Crippen molar-refractivity contribution >= 4 is 68.8 Å². The molecule has 1 aromatic carbocycles. The fourth-order valence-electron chi connectivity index (χ4n) is 2.31. The lowest BCUT2D eigenvalue weighted by Crippen LogP contribution is -2.21. The Morgan fingerprint density at radius 2 is 1.75 bits per heavy atom. The van der Waals surface area contributed by atoms with Gasteiger partial charge in [-0.3, -0.25) is 9.59 Å². The molecule has 28 heavy (non-hydrogen) atoms. The number of halogens is 3. The lowest BCUT2D eigenvalue weighted by molar-refractivity contribution is -0.118. The van der Waals surface area contributed by atoms with E-state index in [1.807, 2.05) is 0 Å². The lowest BCUT2D eigenvalue weighted by atomic mass is 10.1. The van der Waals surface area contributed by atoms with Crippen molar-refractivity contribution < 1.29 is 23.9 Å². The molecule has 150 valence electrons. The van der Waals surface area contributed by atoms with Gasteiger partial charge in [0.2, 0.25) is 0 Å². The lowest BCUT2D eigenvalue weighted by Gasteiger charge is -2.10. The molecule has 0 aliphatic heterocycles. The van der Waals surface area contributed by atoms with Gasteiger partial charge in [-0.15, -0.1) is 11.3 Å². The molecule has 0 saturated carbocycles. The number of benzene rings is 1. The maximum absolute atomic E-state index is 12.3. The highest BCUT2D eigenvalue weighted by atomic mass is 35.5. The Bertz CT molecular complexity index is 942. The summed E-state index contributed by atoms with van der Waals surface area (Å²) in [6.45, 7) is 4.44. The molecule has 0 radical (unpaired) electrons. The van der Waals surface area contributed by atoms with E-state index in [1.165, 1.54) is 19.1 Å². The number of nitrogens with one attached hydrogen (secondary N) is 1. The average molecular weight is 465 g/mol. The van der Waals surface area contributed by atoms with Crippen molar-refractivity contribution in [2.24, 2.45) is 0 Å². The molecule has 0 fully saturated rings. The van der Waals surface area contributed by atoms with Crippen LogP contribution in [0.4, 0.5) is 5.00 Å². The second-order valence-corrected chi connectivity index (χ2v) is 7.81. The van der Waals surface area contributed by atoms with E-state index in [9.17, 15) is 14.4 Å². The Kier molecular flexibility index (Phi) is 7.71. The normalized spacial score (nSPS) is 10.5.